The minimum Gasteiger partial charge on any atom is -0.353 e. The number of para-hydroxylation sites is 1. The van der Waals surface area contributed by atoms with E-state index >= 15 is 0 Å². The first-order chi connectivity index (χ1) is 16.4. The van der Waals surface area contributed by atoms with E-state index in [0.717, 1.165) is 41.6 Å². The molecule has 4 aromatic rings. The van der Waals surface area contributed by atoms with Gasteiger partial charge in [-0.15, -0.1) is 10.2 Å². The maximum absolute atomic E-state index is 13.5. The summed E-state index contributed by atoms with van der Waals surface area (Å²) in [7, 11) is 0. The summed E-state index contributed by atoms with van der Waals surface area (Å²) in [5.74, 6) is 0.640. The zero-order valence-electron chi connectivity index (χ0n) is 20.2. The first-order valence-corrected chi connectivity index (χ1v) is 12.8. The van der Waals surface area contributed by atoms with Crippen LogP contribution in [-0.4, -0.2) is 36.9 Å². The summed E-state index contributed by atoms with van der Waals surface area (Å²) >= 11 is 1.33. The molecule has 0 spiro atoms. The molecule has 0 saturated heterocycles. The van der Waals surface area contributed by atoms with Crippen LogP contribution in [0.2, 0.25) is 0 Å². The molecule has 0 aliphatic rings. The van der Waals surface area contributed by atoms with Crippen LogP contribution in [0.25, 0.3) is 22.4 Å². The number of unbranched alkanes of at least 4 members (excludes halogenated alkanes) is 2. The molecule has 0 radical (unpaired) electrons. The Kier molecular flexibility index (Phi) is 7.36. The smallest absolute Gasteiger partial charge is 0.267 e. The number of rotatable bonds is 9. The highest BCUT2D eigenvalue weighted by Crippen LogP contribution is 2.24. The molecule has 2 aromatic carbocycles. The molecule has 0 bridgehead atoms. The number of nitrogens with zero attached hydrogens (tertiary/aromatic N) is 4. The molecule has 8 heteroatoms. The van der Waals surface area contributed by atoms with Crippen LogP contribution in [0.1, 0.15) is 50.7 Å². The van der Waals surface area contributed by atoms with Gasteiger partial charge in [0.25, 0.3) is 5.56 Å². The van der Waals surface area contributed by atoms with Gasteiger partial charge in [-0.05, 0) is 56.5 Å². The van der Waals surface area contributed by atoms with E-state index in [1.54, 1.807) is 4.57 Å². The van der Waals surface area contributed by atoms with E-state index in [4.69, 9.17) is 0 Å². The SMILES string of the molecule is CCCCCC(C)NC(=O)CSc1nnc2n(-c3cc(C)ccc3C)c(=O)c3ccccc3n12. The summed E-state index contributed by atoms with van der Waals surface area (Å²) in [5.41, 5.74) is 3.39. The molecular formula is C26H31N5O2S. The fourth-order valence-corrected chi connectivity index (χ4v) is 4.92. The van der Waals surface area contributed by atoms with E-state index in [-0.39, 0.29) is 23.3 Å². The van der Waals surface area contributed by atoms with Crippen molar-refractivity contribution in [1.29, 1.82) is 0 Å². The summed E-state index contributed by atoms with van der Waals surface area (Å²) in [6, 6.07) is 13.6. The van der Waals surface area contributed by atoms with Gasteiger partial charge < -0.3 is 5.32 Å². The molecular weight excluding hydrogens is 446 g/mol. The van der Waals surface area contributed by atoms with Gasteiger partial charge in [-0.1, -0.05) is 62.2 Å². The maximum Gasteiger partial charge on any atom is 0.267 e. The third-order valence-corrected chi connectivity index (χ3v) is 6.91. The van der Waals surface area contributed by atoms with Crippen molar-refractivity contribution in [2.45, 2.75) is 64.6 Å². The number of hydrogen-bond acceptors (Lipinski definition) is 5. The molecule has 0 aliphatic heterocycles. The largest absolute Gasteiger partial charge is 0.353 e. The molecule has 1 N–H and O–H groups in total. The molecule has 1 atom stereocenters. The molecule has 178 valence electrons. The van der Waals surface area contributed by atoms with Gasteiger partial charge in [0.15, 0.2) is 5.16 Å². The molecule has 0 fully saturated rings. The molecule has 2 heterocycles. The van der Waals surface area contributed by atoms with Crippen molar-refractivity contribution >= 4 is 34.3 Å². The Morgan fingerprint density at radius 3 is 2.71 bits per heavy atom. The lowest BCUT2D eigenvalue weighted by molar-refractivity contribution is -0.119. The van der Waals surface area contributed by atoms with Crippen LogP contribution in [0, 0.1) is 13.8 Å². The highest BCUT2D eigenvalue weighted by Gasteiger charge is 2.19. The Hall–Kier alpha value is -3.13. The van der Waals surface area contributed by atoms with Crippen molar-refractivity contribution in [3.8, 4) is 5.69 Å². The Morgan fingerprint density at radius 1 is 1.12 bits per heavy atom. The summed E-state index contributed by atoms with van der Waals surface area (Å²) in [6.07, 6.45) is 4.43. The van der Waals surface area contributed by atoms with Gasteiger partial charge in [-0.2, -0.15) is 0 Å². The highest BCUT2D eigenvalue weighted by molar-refractivity contribution is 7.99. The predicted octanol–water partition coefficient (Wildman–Crippen LogP) is 4.83. The number of carbonyl (C=O) groups excluding carboxylic acids is 1. The van der Waals surface area contributed by atoms with E-state index in [2.05, 4.69) is 22.4 Å². The van der Waals surface area contributed by atoms with E-state index in [9.17, 15) is 9.59 Å². The monoisotopic (exact) mass is 477 g/mol. The molecule has 1 amide bonds. The van der Waals surface area contributed by atoms with Crippen LogP contribution in [0.15, 0.2) is 52.4 Å². The van der Waals surface area contributed by atoms with Crippen LogP contribution < -0.4 is 10.9 Å². The Labute approximate surface area is 203 Å². The van der Waals surface area contributed by atoms with Gasteiger partial charge >= 0.3 is 0 Å². The minimum absolute atomic E-state index is 0.0297. The van der Waals surface area contributed by atoms with Crippen molar-refractivity contribution in [3.63, 3.8) is 0 Å². The molecule has 34 heavy (non-hydrogen) atoms. The molecule has 7 nitrogen and oxygen atoms in total. The van der Waals surface area contributed by atoms with E-state index in [1.807, 2.05) is 67.6 Å². The zero-order valence-corrected chi connectivity index (χ0v) is 21.0. The zero-order chi connectivity index (χ0) is 24.2. The number of thioether (sulfide) groups is 1. The van der Waals surface area contributed by atoms with Gasteiger partial charge in [0.05, 0.1) is 22.3 Å². The normalized spacial score (nSPS) is 12.4. The Bertz CT molecular complexity index is 1390. The second kappa shape index (κ2) is 10.4. The molecule has 0 aliphatic carbocycles. The highest BCUT2D eigenvalue weighted by atomic mass is 32.2. The van der Waals surface area contributed by atoms with Crippen molar-refractivity contribution in [2.24, 2.45) is 0 Å². The van der Waals surface area contributed by atoms with Crippen molar-refractivity contribution in [3.05, 3.63) is 63.9 Å². The van der Waals surface area contributed by atoms with Crippen LogP contribution >= 0.6 is 11.8 Å². The molecule has 2 aromatic heterocycles. The van der Waals surface area contributed by atoms with Gasteiger partial charge in [-0.3, -0.25) is 14.0 Å². The number of hydrogen-bond donors (Lipinski definition) is 1. The van der Waals surface area contributed by atoms with Crippen LogP contribution in [0.4, 0.5) is 0 Å². The molecule has 0 saturated carbocycles. The number of carbonyl (C=O) groups is 1. The number of aromatic nitrogens is 4. The van der Waals surface area contributed by atoms with Crippen molar-refractivity contribution in [1.82, 2.24) is 24.5 Å². The lowest BCUT2D eigenvalue weighted by atomic mass is 10.1. The second-order valence-corrected chi connectivity index (χ2v) is 9.76. The maximum atomic E-state index is 13.5. The van der Waals surface area contributed by atoms with Crippen molar-refractivity contribution in [2.75, 3.05) is 5.75 Å². The average molecular weight is 478 g/mol. The van der Waals surface area contributed by atoms with Crippen LogP contribution in [0.3, 0.4) is 0 Å². The lowest BCUT2D eigenvalue weighted by Crippen LogP contribution is -2.33. The van der Waals surface area contributed by atoms with E-state index in [1.165, 1.54) is 18.2 Å². The van der Waals surface area contributed by atoms with Crippen molar-refractivity contribution < 1.29 is 4.79 Å². The number of aryl methyl sites for hydroxylation is 2. The van der Waals surface area contributed by atoms with E-state index in [0.29, 0.717) is 16.3 Å². The summed E-state index contributed by atoms with van der Waals surface area (Å²) in [6.45, 7) is 8.19. The van der Waals surface area contributed by atoms with E-state index < -0.39 is 0 Å². The number of benzene rings is 2. The topological polar surface area (TPSA) is 81.3 Å². The summed E-state index contributed by atoms with van der Waals surface area (Å²) in [5, 5.41) is 13.0. The Morgan fingerprint density at radius 2 is 1.91 bits per heavy atom. The minimum atomic E-state index is -0.139. The fraction of sp³-hybridized carbons (Fsp3) is 0.385. The number of nitrogens with one attached hydrogen (secondary N) is 1. The third kappa shape index (κ3) is 4.87. The number of fused-ring (bicyclic) bond motifs is 3. The van der Waals surface area contributed by atoms with Crippen LogP contribution in [0.5, 0.6) is 0 Å². The van der Waals surface area contributed by atoms with Gasteiger partial charge in [0.2, 0.25) is 11.7 Å². The third-order valence-electron chi connectivity index (χ3n) is 5.98. The summed E-state index contributed by atoms with van der Waals surface area (Å²) < 4.78 is 3.50. The first kappa shape index (κ1) is 24.0. The predicted molar refractivity (Wildman–Crippen MR) is 138 cm³/mol. The van der Waals surface area contributed by atoms with Gasteiger partial charge in [-0.25, -0.2) is 4.57 Å². The lowest BCUT2D eigenvalue weighted by Gasteiger charge is -2.14. The van der Waals surface area contributed by atoms with Crippen LogP contribution in [-0.2, 0) is 4.79 Å². The summed E-state index contributed by atoms with van der Waals surface area (Å²) in [4.78, 5) is 26.1. The quantitative estimate of drug-likeness (QED) is 0.276. The second-order valence-electron chi connectivity index (χ2n) is 8.82. The number of amides is 1. The molecule has 1 unspecified atom stereocenters. The molecule has 4 rings (SSSR count). The first-order valence-electron chi connectivity index (χ1n) is 11.8. The fourth-order valence-electron chi connectivity index (χ4n) is 4.17. The Balaban J connectivity index is 1.71. The van der Waals surface area contributed by atoms with Gasteiger partial charge in [0, 0.05) is 6.04 Å². The van der Waals surface area contributed by atoms with Gasteiger partial charge in [0.1, 0.15) is 0 Å². The standard InChI is InChI=1S/C26H31N5O2S/c1-5-6-7-10-19(4)27-23(32)16-34-26-29-28-25-30(22-15-17(2)13-14-18(22)3)24(33)20-11-8-9-12-21(20)31(25)26/h8-9,11-15,19H,5-7,10,16H2,1-4H3,(H,27,32). The average Bonchev–Trinajstić information content (AvgIpc) is 3.24.